The van der Waals surface area contributed by atoms with E-state index >= 15 is 0 Å². The van der Waals surface area contributed by atoms with E-state index in [1.54, 1.807) is 11.0 Å². The van der Waals surface area contributed by atoms with Crippen molar-refractivity contribution in [2.24, 2.45) is 5.73 Å². The highest BCUT2D eigenvalue weighted by Crippen LogP contribution is 2.29. The lowest BCUT2D eigenvalue weighted by molar-refractivity contribution is -0.136. The summed E-state index contributed by atoms with van der Waals surface area (Å²) in [6.07, 6.45) is 0.618. The fourth-order valence-electron chi connectivity index (χ4n) is 3.48. The Morgan fingerprint density at radius 3 is 2.88 bits per heavy atom. The van der Waals surface area contributed by atoms with Gasteiger partial charge in [0.15, 0.2) is 0 Å². The minimum absolute atomic E-state index is 0.181. The number of rotatable bonds is 7. The Balaban J connectivity index is 1.69. The molecule has 3 amide bonds. The minimum Gasteiger partial charge on any atom is -0.392 e. The van der Waals surface area contributed by atoms with Crippen molar-refractivity contribution in [1.29, 1.82) is 0 Å². The molecule has 0 bridgehead atoms. The van der Waals surface area contributed by atoms with Gasteiger partial charge < -0.3 is 21.1 Å². The van der Waals surface area contributed by atoms with Gasteiger partial charge in [-0.1, -0.05) is 12.1 Å². The van der Waals surface area contributed by atoms with E-state index in [9.17, 15) is 19.5 Å². The van der Waals surface area contributed by atoms with Gasteiger partial charge in [-0.3, -0.25) is 19.7 Å². The summed E-state index contributed by atoms with van der Waals surface area (Å²) in [6, 6.07) is 4.90. The average Bonchev–Trinajstić information content (AvgIpc) is 2.93. The van der Waals surface area contributed by atoms with Crippen LogP contribution in [0.25, 0.3) is 0 Å². The number of aliphatic hydroxyl groups excluding tert-OH is 1. The Morgan fingerprint density at radius 2 is 2.15 bits per heavy atom. The van der Waals surface area contributed by atoms with E-state index in [1.165, 1.54) is 0 Å². The molecular formula is C18H24N4O4. The zero-order valence-corrected chi connectivity index (χ0v) is 14.5. The number of hydrogen-bond donors (Lipinski definition) is 4. The third kappa shape index (κ3) is 3.77. The molecule has 8 nitrogen and oxygen atoms in total. The number of benzene rings is 1. The predicted molar refractivity (Wildman–Crippen MR) is 93.9 cm³/mol. The van der Waals surface area contributed by atoms with Crippen LogP contribution in [-0.4, -0.2) is 53.0 Å². The molecule has 2 aliphatic heterocycles. The molecule has 8 heteroatoms. The summed E-state index contributed by atoms with van der Waals surface area (Å²) < 4.78 is 0. The second-order valence-corrected chi connectivity index (χ2v) is 6.71. The Bertz CT molecular complexity index is 721. The van der Waals surface area contributed by atoms with Gasteiger partial charge in [0.25, 0.3) is 5.91 Å². The summed E-state index contributed by atoms with van der Waals surface area (Å²) in [5, 5.41) is 15.2. The van der Waals surface area contributed by atoms with Gasteiger partial charge in [0, 0.05) is 31.6 Å². The van der Waals surface area contributed by atoms with E-state index in [0.717, 1.165) is 11.1 Å². The highest BCUT2D eigenvalue weighted by molar-refractivity contribution is 6.05. The summed E-state index contributed by atoms with van der Waals surface area (Å²) in [5.41, 5.74) is 7.87. The molecule has 5 N–H and O–H groups in total. The fraction of sp³-hybridized carbons (Fsp3) is 0.500. The molecule has 2 heterocycles. The molecule has 2 aliphatic rings. The average molecular weight is 360 g/mol. The van der Waals surface area contributed by atoms with Gasteiger partial charge in [-0.05, 0) is 36.6 Å². The van der Waals surface area contributed by atoms with Gasteiger partial charge in [0.2, 0.25) is 11.8 Å². The monoisotopic (exact) mass is 360 g/mol. The second kappa shape index (κ2) is 7.94. The number of hydrogen-bond acceptors (Lipinski definition) is 6. The molecule has 3 rings (SSSR count). The van der Waals surface area contributed by atoms with Gasteiger partial charge in [-0.2, -0.15) is 0 Å². The first-order chi connectivity index (χ1) is 12.5. The van der Waals surface area contributed by atoms with Crippen LogP contribution in [0.4, 0.5) is 0 Å². The van der Waals surface area contributed by atoms with E-state index in [-0.39, 0.29) is 18.2 Å². The summed E-state index contributed by atoms with van der Waals surface area (Å²) in [6.45, 7) is 1.72. The standard InChI is InChI=1S/C18H24N4O4/c19-7-6-12(23)9-20-8-11-2-1-3-13-14(11)10-22(18(13)26)15-4-5-16(24)21-17(15)25/h1-3,12,15,20,23H,4-10,19H2,(H,21,24,25). The van der Waals surface area contributed by atoms with Crippen LogP contribution in [0.3, 0.4) is 0 Å². The van der Waals surface area contributed by atoms with Crippen molar-refractivity contribution in [2.75, 3.05) is 13.1 Å². The third-order valence-electron chi connectivity index (χ3n) is 4.87. The van der Waals surface area contributed by atoms with Crippen LogP contribution in [-0.2, 0) is 22.7 Å². The van der Waals surface area contributed by atoms with Crippen molar-refractivity contribution in [3.63, 3.8) is 0 Å². The summed E-state index contributed by atoms with van der Waals surface area (Å²) in [7, 11) is 0. The van der Waals surface area contributed by atoms with E-state index < -0.39 is 18.1 Å². The van der Waals surface area contributed by atoms with Crippen molar-refractivity contribution in [3.8, 4) is 0 Å². The third-order valence-corrected chi connectivity index (χ3v) is 4.87. The van der Waals surface area contributed by atoms with Crippen molar-refractivity contribution in [2.45, 2.75) is 44.5 Å². The Hall–Kier alpha value is -2.29. The number of carbonyl (C=O) groups is 3. The number of carbonyl (C=O) groups excluding carboxylic acids is 3. The van der Waals surface area contributed by atoms with Crippen molar-refractivity contribution < 1.29 is 19.5 Å². The maximum atomic E-state index is 12.7. The molecule has 1 aromatic carbocycles. The SMILES string of the molecule is NCCC(O)CNCc1cccc2c1CN(C1CCC(=O)NC1=O)C2=O. The zero-order chi connectivity index (χ0) is 18.7. The molecular weight excluding hydrogens is 336 g/mol. The Labute approximate surface area is 151 Å². The van der Waals surface area contributed by atoms with Crippen molar-refractivity contribution in [1.82, 2.24) is 15.5 Å². The normalized spacial score (nSPS) is 20.9. The number of fused-ring (bicyclic) bond motifs is 1. The first kappa shape index (κ1) is 18.5. The largest absolute Gasteiger partial charge is 0.392 e. The highest BCUT2D eigenvalue weighted by Gasteiger charge is 2.39. The molecule has 0 aromatic heterocycles. The van der Waals surface area contributed by atoms with Crippen LogP contribution in [0.2, 0.25) is 0 Å². The van der Waals surface area contributed by atoms with Crippen LogP contribution >= 0.6 is 0 Å². The molecule has 26 heavy (non-hydrogen) atoms. The molecule has 1 fully saturated rings. The highest BCUT2D eigenvalue weighted by atomic mass is 16.3. The quantitative estimate of drug-likeness (QED) is 0.474. The van der Waals surface area contributed by atoms with Gasteiger partial charge in [0.1, 0.15) is 6.04 Å². The number of nitrogens with two attached hydrogens (primary N) is 1. The minimum atomic E-state index is -0.611. The molecule has 0 aliphatic carbocycles. The smallest absolute Gasteiger partial charge is 0.255 e. The van der Waals surface area contributed by atoms with Crippen LogP contribution in [0.1, 0.15) is 40.7 Å². The first-order valence-electron chi connectivity index (χ1n) is 8.85. The molecule has 140 valence electrons. The Morgan fingerprint density at radius 1 is 1.35 bits per heavy atom. The summed E-state index contributed by atoms with van der Waals surface area (Å²) >= 11 is 0. The van der Waals surface area contributed by atoms with Crippen LogP contribution in [0.15, 0.2) is 18.2 Å². The Kier molecular flexibility index (Phi) is 5.65. The van der Waals surface area contributed by atoms with E-state index in [2.05, 4.69) is 10.6 Å². The number of nitrogens with zero attached hydrogens (tertiary/aromatic N) is 1. The van der Waals surface area contributed by atoms with Gasteiger partial charge in [0.05, 0.1) is 6.10 Å². The molecule has 1 aromatic rings. The van der Waals surface area contributed by atoms with Crippen molar-refractivity contribution in [3.05, 3.63) is 34.9 Å². The maximum absolute atomic E-state index is 12.7. The zero-order valence-electron chi connectivity index (χ0n) is 14.5. The number of amides is 3. The second-order valence-electron chi connectivity index (χ2n) is 6.71. The van der Waals surface area contributed by atoms with Crippen LogP contribution in [0, 0.1) is 0 Å². The topological polar surface area (TPSA) is 125 Å². The van der Waals surface area contributed by atoms with Gasteiger partial charge >= 0.3 is 0 Å². The lowest BCUT2D eigenvalue weighted by Gasteiger charge is -2.29. The number of nitrogens with one attached hydrogen (secondary N) is 2. The first-order valence-corrected chi connectivity index (χ1v) is 8.85. The lowest BCUT2D eigenvalue weighted by Crippen LogP contribution is -2.52. The van der Waals surface area contributed by atoms with E-state index in [4.69, 9.17) is 5.73 Å². The molecule has 0 spiro atoms. The lowest BCUT2D eigenvalue weighted by atomic mass is 10.0. The number of aliphatic hydroxyl groups is 1. The molecule has 2 unspecified atom stereocenters. The fourth-order valence-corrected chi connectivity index (χ4v) is 3.48. The summed E-state index contributed by atoms with van der Waals surface area (Å²) in [5.74, 6) is -0.886. The van der Waals surface area contributed by atoms with E-state index in [1.807, 2.05) is 12.1 Å². The number of piperidine rings is 1. The van der Waals surface area contributed by atoms with Gasteiger partial charge in [-0.25, -0.2) is 0 Å². The molecule has 0 radical (unpaired) electrons. The molecule has 2 atom stereocenters. The van der Waals surface area contributed by atoms with Crippen molar-refractivity contribution >= 4 is 17.7 Å². The summed E-state index contributed by atoms with van der Waals surface area (Å²) in [4.78, 5) is 37.7. The van der Waals surface area contributed by atoms with Crippen LogP contribution < -0.4 is 16.4 Å². The molecule has 1 saturated heterocycles. The van der Waals surface area contributed by atoms with E-state index in [0.29, 0.717) is 44.6 Å². The van der Waals surface area contributed by atoms with Crippen LogP contribution in [0.5, 0.6) is 0 Å². The maximum Gasteiger partial charge on any atom is 0.255 e. The predicted octanol–water partition coefficient (Wildman–Crippen LogP) is -0.753. The van der Waals surface area contributed by atoms with Gasteiger partial charge in [-0.15, -0.1) is 0 Å². The number of imide groups is 1. The molecule has 0 saturated carbocycles.